The number of amides is 3. The number of hydrogen-bond acceptors (Lipinski definition) is 6. The summed E-state index contributed by atoms with van der Waals surface area (Å²) in [5.74, 6) is -1.38. The molecule has 0 aliphatic carbocycles. The summed E-state index contributed by atoms with van der Waals surface area (Å²) in [6.45, 7) is 3.35. The zero-order valence-corrected chi connectivity index (χ0v) is 14.1. The van der Waals surface area contributed by atoms with Gasteiger partial charge in [-0.15, -0.1) is 11.3 Å². The summed E-state index contributed by atoms with van der Waals surface area (Å²) in [5, 5.41) is 4.43. The lowest BCUT2D eigenvalue weighted by molar-refractivity contribution is -0.153. The van der Waals surface area contributed by atoms with Gasteiger partial charge in [0.05, 0.1) is 12.1 Å². The van der Waals surface area contributed by atoms with Gasteiger partial charge < -0.3 is 10.5 Å². The van der Waals surface area contributed by atoms with E-state index in [1.54, 1.807) is 5.38 Å². The summed E-state index contributed by atoms with van der Waals surface area (Å²) in [4.78, 5) is 38.3. The van der Waals surface area contributed by atoms with E-state index >= 15 is 0 Å². The van der Waals surface area contributed by atoms with Crippen molar-refractivity contribution in [3.63, 3.8) is 0 Å². The van der Waals surface area contributed by atoms with E-state index in [1.807, 2.05) is 36.5 Å². The second kappa shape index (κ2) is 7.69. The first-order valence-electron chi connectivity index (χ1n) is 7.16. The Bertz CT molecular complexity index is 772. The van der Waals surface area contributed by atoms with Gasteiger partial charge in [-0.2, -0.15) is 0 Å². The molecule has 0 radical (unpaired) electrons. The minimum absolute atomic E-state index is 0.0590. The van der Waals surface area contributed by atoms with Gasteiger partial charge in [-0.05, 0) is 19.9 Å². The maximum Gasteiger partial charge on any atom is 0.318 e. The van der Waals surface area contributed by atoms with Crippen LogP contribution in [0.4, 0.5) is 4.79 Å². The van der Waals surface area contributed by atoms with Crippen LogP contribution in [0.3, 0.4) is 0 Å². The van der Waals surface area contributed by atoms with Crippen molar-refractivity contribution in [2.75, 3.05) is 0 Å². The first-order chi connectivity index (χ1) is 11.3. The Kier molecular flexibility index (Phi) is 5.64. The Morgan fingerprint density at radius 3 is 2.79 bits per heavy atom. The monoisotopic (exact) mass is 347 g/mol. The van der Waals surface area contributed by atoms with Gasteiger partial charge >= 0.3 is 12.0 Å². The van der Waals surface area contributed by atoms with Crippen molar-refractivity contribution in [3.8, 4) is 10.6 Å². The lowest BCUT2D eigenvalue weighted by Gasteiger charge is -2.11. The number of carbonyl (C=O) groups excluding carboxylic acids is 3. The quantitative estimate of drug-likeness (QED) is 0.801. The third-order valence-corrected chi connectivity index (χ3v) is 4.01. The minimum atomic E-state index is -1.11. The van der Waals surface area contributed by atoms with Crippen molar-refractivity contribution < 1.29 is 19.1 Å². The van der Waals surface area contributed by atoms with Crippen molar-refractivity contribution in [1.29, 1.82) is 0 Å². The molecule has 3 N–H and O–H groups in total. The predicted octanol–water partition coefficient (Wildman–Crippen LogP) is 1.79. The average molecular weight is 347 g/mol. The van der Waals surface area contributed by atoms with E-state index in [-0.39, 0.29) is 6.42 Å². The third kappa shape index (κ3) is 4.88. The summed E-state index contributed by atoms with van der Waals surface area (Å²) in [5.41, 5.74) is 7.50. The maximum absolute atomic E-state index is 11.9. The van der Waals surface area contributed by atoms with Crippen LogP contribution in [0.25, 0.3) is 10.6 Å². The van der Waals surface area contributed by atoms with Crippen LogP contribution in [0.2, 0.25) is 0 Å². The normalized spacial score (nSPS) is 11.6. The fraction of sp³-hybridized carbons (Fsp3) is 0.250. The molecule has 0 unspecified atom stereocenters. The number of rotatable bonds is 5. The molecular weight excluding hydrogens is 330 g/mol. The van der Waals surface area contributed by atoms with E-state index in [4.69, 9.17) is 10.5 Å². The largest absolute Gasteiger partial charge is 0.452 e. The van der Waals surface area contributed by atoms with Crippen LogP contribution >= 0.6 is 11.3 Å². The van der Waals surface area contributed by atoms with E-state index in [0.717, 1.165) is 16.1 Å². The van der Waals surface area contributed by atoms with Gasteiger partial charge in [0.1, 0.15) is 5.01 Å². The van der Waals surface area contributed by atoms with Gasteiger partial charge in [0.15, 0.2) is 6.10 Å². The molecule has 7 nitrogen and oxygen atoms in total. The number of ether oxygens (including phenoxy) is 1. The van der Waals surface area contributed by atoms with Gasteiger partial charge in [-0.1, -0.05) is 23.8 Å². The summed E-state index contributed by atoms with van der Waals surface area (Å²) < 4.78 is 4.96. The number of carbonyl (C=O) groups is 3. The first-order valence-corrected chi connectivity index (χ1v) is 8.04. The molecule has 3 amide bonds. The number of urea groups is 1. The van der Waals surface area contributed by atoms with E-state index in [1.165, 1.54) is 18.3 Å². The zero-order chi connectivity index (χ0) is 17.7. The molecule has 0 spiro atoms. The molecule has 0 saturated heterocycles. The molecule has 2 rings (SSSR count). The lowest BCUT2D eigenvalue weighted by atomic mass is 10.1. The first kappa shape index (κ1) is 17.6. The van der Waals surface area contributed by atoms with Crippen LogP contribution in [-0.2, 0) is 20.7 Å². The maximum atomic E-state index is 11.9. The topological polar surface area (TPSA) is 111 Å². The molecule has 1 heterocycles. The number of aromatic nitrogens is 1. The van der Waals surface area contributed by atoms with E-state index in [2.05, 4.69) is 4.98 Å². The number of hydrogen-bond donors (Lipinski definition) is 2. The van der Waals surface area contributed by atoms with Crippen molar-refractivity contribution in [1.82, 2.24) is 10.3 Å². The number of primary amides is 1. The van der Waals surface area contributed by atoms with Crippen molar-refractivity contribution in [3.05, 3.63) is 40.9 Å². The molecule has 1 aromatic heterocycles. The molecule has 0 saturated carbocycles. The Morgan fingerprint density at radius 2 is 2.12 bits per heavy atom. The van der Waals surface area contributed by atoms with E-state index in [0.29, 0.717) is 5.69 Å². The van der Waals surface area contributed by atoms with Crippen molar-refractivity contribution in [2.45, 2.75) is 26.4 Å². The number of imide groups is 1. The number of thiazole rings is 1. The van der Waals surface area contributed by atoms with Crippen LogP contribution < -0.4 is 11.1 Å². The highest BCUT2D eigenvalue weighted by atomic mass is 32.1. The Hall–Kier alpha value is -2.74. The molecule has 8 heteroatoms. The summed E-state index contributed by atoms with van der Waals surface area (Å²) in [6.07, 6.45) is -1.17. The van der Waals surface area contributed by atoms with Gasteiger partial charge in [0.25, 0.3) is 5.91 Å². The SMILES string of the molecule is Cc1cccc(-c2nc(CC(=O)O[C@H](C)C(=O)NC(N)=O)cs2)c1. The average Bonchev–Trinajstić information content (AvgIpc) is 2.94. The molecule has 1 atom stereocenters. The standard InChI is InChI=1S/C16H17N3O4S/c1-9-4-3-5-11(6-9)15-18-12(8-24-15)7-13(20)23-10(2)14(21)19-16(17)22/h3-6,8,10H,7H2,1-2H3,(H3,17,19,21,22)/t10-/m1/s1. The number of nitrogens with one attached hydrogen (secondary N) is 1. The fourth-order valence-electron chi connectivity index (χ4n) is 1.96. The Balaban J connectivity index is 1.95. The molecule has 24 heavy (non-hydrogen) atoms. The molecular formula is C16H17N3O4S. The van der Waals surface area contributed by atoms with Crippen LogP contribution in [0, 0.1) is 6.92 Å². The number of aryl methyl sites for hydroxylation is 1. The molecule has 0 aliphatic rings. The smallest absolute Gasteiger partial charge is 0.318 e. The molecule has 0 fully saturated rings. The second-order valence-electron chi connectivity index (χ2n) is 5.18. The third-order valence-electron chi connectivity index (χ3n) is 3.07. The fourth-order valence-corrected chi connectivity index (χ4v) is 2.78. The number of esters is 1. The molecule has 2 aromatic rings. The predicted molar refractivity (Wildman–Crippen MR) is 89.3 cm³/mol. The van der Waals surface area contributed by atoms with E-state index < -0.39 is 24.0 Å². The van der Waals surface area contributed by atoms with Gasteiger partial charge in [0, 0.05) is 10.9 Å². The molecule has 0 bridgehead atoms. The minimum Gasteiger partial charge on any atom is -0.452 e. The second-order valence-corrected chi connectivity index (χ2v) is 6.03. The lowest BCUT2D eigenvalue weighted by Crippen LogP contribution is -2.42. The van der Waals surface area contributed by atoms with Gasteiger partial charge in [0.2, 0.25) is 0 Å². The van der Waals surface area contributed by atoms with Gasteiger partial charge in [-0.3, -0.25) is 14.9 Å². The summed E-state index contributed by atoms with van der Waals surface area (Å²) in [6, 6.07) is 6.90. The van der Waals surface area contributed by atoms with Crippen LogP contribution in [0.15, 0.2) is 29.6 Å². The highest BCUT2D eigenvalue weighted by Crippen LogP contribution is 2.24. The number of benzene rings is 1. The molecule has 126 valence electrons. The summed E-state index contributed by atoms with van der Waals surface area (Å²) in [7, 11) is 0. The van der Waals surface area contributed by atoms with Crippen molar-refractivity contribution in [2.24, 2.45) is 5.73 Å². The summed E-state index contributed by atoms with van der Waals surface area (Å²) >= 11 is 1.43. The highest BCUT2D eigenvalue weighted by molar-refractivity contribution is 7.13. The molecule has 0 aliphatic heterocycles. The molecule has 1 aromatic carbocycles. The Morgan fingerprint density at radius 1 is 1.38 bits per heavy atom. The van der Waals surface area contributed by atoms with Crippen molar-refractivity contribution >= 4 is 29.2 Å². The van der Waals surface area contributed by atoms with E-state index in [9.17, 15) is 14.4 Å². The number of nitrogens with two attached hydrogens (primary N) is 1. The van der Waals surface area contributed by atoms with Crippen LogP contribution in [0.1, 0.15) is 18.2 Å². The Labute approximate surface area is 142 Å². The zero-order valence-electron chi connectivity index (χ0n) is 13.2. The van der Waals surface area contributed by atoms with Crippen LogP contribution in [-0.4, -0.2) is 29.0 Å². The van der Waals surface area contributed by atoms with Gasteiger partial charge in [-0.25, -0.2) is 9.78 Å². The highest BCUT2D eigenvalue weighted by Gasteiger charge is 2.20. The number of nitrogens with zero attached hydrogens (tertiary/aromatic N) is 1. The van der Waals surface area contributed by atoms with Crippen LogP contribution in [0.5, 0.6) is 0 Å².